The van der Waals surface area contributed by atoms with Gasteiger partial charge in [0.05, 0.1) is 19.1 Å². The number of nitrogens with one attached hydrogen (secondary N) is 1. The van der Waals surface area contributed by atoms with Crippen LogP contribution in [0.4, 0.5) is 0 Å². The summed E-state index contributed by atoms with van der Waals surface area (Å²) in [5.74, 6) is 0.192. The SMILES string of the molecule is CCN(CCc1ccccc1)C(=O)CC1CNCCO1.Cl. The number of carbonyl (C=O) groups is 1. The third kappa shape index (κ3) is 6.04. The van der Waals surface area contributed by atoms with Crippen molar-refractivity contribution in [3.63, 3.8) is 0 Å². The predicted molar refractivity (Wildman–Crippen MR) is 86.9 cm³/mol. The third-order valence-corrected chi connectivity index (χ3v) is 3.65. The molecule has 2 rings (SSSR count). The van der Waals surface area contributed by atoms with Crippen molar-refractivity contribution in [3.8, 4) is 0 Å². The third-order valence-electron chi connectivity index (χ3n) is 3.65. The Morgan fingerprint density at radius 3 is 2.76 bits per heavy atom. The molecule has 4 nitrogen and oxygen atoms in total. The molecule has 0 radical (unpaired) electrons. The Balaban J connectivity index is 0.00000220. The normalized spacial score (nSPS) is 17.9. The zero-order chi connectivity index (χ0) is 14.2. The molecule has 1 aliphatic rings. The average Bonchev–Trinajstić information content (AvgIpc) is 2.50. The summed E-state index contributed by atoms with van der Waals surface area (Å²) in [7, 11) is 0. The molecule has 21 heavy (non-hydrogen) atoms. The molecule has 1 fully saturated rings. The molecule has 0 spiro atoms. The van der Waals surface area contributed by atoms with E-state index in [1.54, 1.807) is 0 Å². The molecule has 1 saturated heterocycles. The Hall–Kier alpha value is -1.10. The number of morpholine rings is 1. The van der Waals surface area contributed by atoms with Gasteiger partial charge in [0.1, 0.15) is 0 Å². The highest BCUT2D eigenvalue weighted by atomic mass is 35.5. The molecular weight excluding hydrogens is 288 g/mol. The van der Waals surface area contributed by atoms with Gasteiger partial charge in [-0.05, 0) is 18.9 Å². The van der Waals surface area contributed by atoms with E-state index >= 15 is 0 Å². The summed E-state index contributed by atoms with van der Waals surface area (Å²) in [6.07, 6.45) is 1.42. The minimum absolute atomic E-state index is 0. The van der Waals surface area contributed by atoms with Gasteiger partial charge < -0.3 is 15.0 Å². The van der Waals surface area contributed by atoms with Crippen LogP contribution in [0.2, 0.25) is 0 Å². The van der Waals surface area contributed by atoms with Crippen molar-refractivity contribution < 1.29 is 9.53 Å². The van der Waals surface area contributed by atoms with E-state index in [0.29, 0.717) is 13.0 Å². The number of hydrogen-bond acceptors (Lipinski definition) is 3. The highest BCUT2D eigenvalue weighted by Crippen LogP contribution is 2.07. The van der Waals surface area contributed by atoms with Gasteiger partial charge >= 0.3 is 0 Å². The van der Waals surface area contributed by atoms with Gasteiger partial charge in [-0.2, -0.15) is 0 Å². The monoisotopic (exact) mass is 312 g/mol. The second-order valence-electron chi connectivity index (χ2n) is 5.11. The number of halogens is 1. The fourth-order valence-corrected chi connectivity index (χ4v) is 2.44. The molecule has 118 valence electrons. The van der Waals surface area contributed by atoms with Crippen molar-refractivity contribution in [1.82, 2.24) is 10.2 Å². The Labute approximate surface area is 133 Å². The van der Waals surface area contributed by atoms with Gasteiger partial charge in [-0.1, -0.05) is 30.3 Å². The Bertz CT molecular complexity index is 408. The van der Waals surface area contributed by atoms with E-state index in [9.17, 15) is 4.79 Å². The molecular formula is C16H25ClN2O2. The van der Waals surface area contributed by atoms with Crippen molar-refractivity contribution in [2.45, 2.75) is 25.9 Å². The van der Waals surface area contributed by atoms with Crippen LogP contribution in [0, 0.1) is 0 Å². The fourth-order valence-electron chi connectivity index (χ4n) is 2.44. The van der Waals surface area contributed by atoms with Crippen LogP contribution >= 0.6 is 12.4 Å². The zero-order valence-corrected chi connectivity index (χ0v) is 13.4. The Morgan fingerprint density at radius 1 is 1.38 bits per heavy atom. The van der Waals surface area contributed by atoms with E-state index in [1.165, 1.54) is 5.56 Å². The first-order valence-electron chi connectivity index (χ1n) is 7.43. The van der Waals surface area contributed by atoms with Crippen molar-refractivity contribution in [2.24, 2.45) is 0 Å². The summed E-state index contributed by atoms with van der Waals surface area (Å²) in [6, 6.07) is 10.3. The molecule has 1 aromatic rings. The summed E-state index contributed by atoms with van der Waals surface area (Å²) in [5.41, 5.74) is 1.27. The smallest absolute Gasteiger partial charge is 0.225 e. The van der Waals surface area contributed by atoms with E-state index in [4.69, 9.17) is 4.74 Å². The van der Waals surface area contributed by atoms with Gasteiger partial charge in [0.15, 0.2) is 0 Å². The molecule has 1 N–H and O–H groups in total. The lowest BCUT2D eigenvalue weighted by Gasteiger charge is -2.27. The number of carbonyl (C=O) groups excluding carboxylic acids is 1. The first kappa shape index (κ1) is 18.0. The minimum atomic E-state index is 0. The number of amides is 1. The molecule has 1 heterocycles. The molecule has 0 aliphatic carbocycles. The highest BCUT2D eigenvalue weighted by Gasteiger charge is 2.20. The summed E-state index contributed by atoms with van der Waals surface area (Å²) in [4.78, 5) is 14.2. The maximum absolute atomic E-state index is 12.3. The maximum atomic E-state index is 12.3. The predicted octanol–water partition coefficient (Wildman–Crippen LogP) is 1.88. The van der Waals surface area contributed by atoms with Crippen molar-refractivity contribution >= 4 is 18.3 Å². The van der Waals surface area contributed by atoms with E-state index in [-0.39, 0.29) is 24.4 Å². The van der Waals surface area contributed by atoms with Crippen LogP contribution in [0.3, 0.4) is 0 Å². The summed E-state index contributed by atoms with van der Waals surface area (Å²) in [6.45, 7) is 5.93. The van der Waals surface area contributed by atoms with E-state index in [1.807, 2.05) is 30.0 Å². The average molecular weight is 313 g/mol. The van der Waals surface area contributed by atoms with Crippen molar-refractivity contribution in [2.75, 3.05) is 32.8 Å². The lowest BCUT2D eigenvalue weighted by molar-refractivity contribution is -0.134. The first-order chi connectivity index (χ1) is 9.79. The second kappa shape index (κ2) is 9.77. The number of nitrogens with zero attached hydrogens (tertiary/aromatic N) is 1. The number of likely N-dealkylation sites (N-methyl/N-ethyl adjacent to an activating group) is 1. The van der Waals surface area contributed by atoms with Crippen LogP contribution in [0.15, 0.2) is 30.3 Å². The van der Waals surface area contributed by atoms with Crippen LogP contribution in [0.5, 0.6) is 0 Å². The highest BCUT2D eigenvalue weighted by molar-refractivity contribution is 5.85. The summed E-state index contributed by atoms with van der Waals surface area (Å²) in [5, 5.41) is 3.26. The van der Waals surface area contributed by atoms with Crippen LogP contribution in [-0.2, 0) is 16.0 Å². The molecule has 1 amide bonds. The molecule has 5 heteroatoms. The van der Waals surface area contributed by atoms with Gasteiger partial charge in [0, 0.05) is 26.2 Å². The van der Waals surface area contributed by atoms with Gasteiger partial charge in [-0.15, -0.1) is 12.4 Å². The largest absolute Gasteiger partial charge is 0.375 e. The van der Waals surface area contributed by atoms with Crippen LogP contribution < -0.4 is 5.32 Å². The van der Waals surface area contributed by atoms with Gasteiger partial charge in [0.2, 0.25) is 5.91 Å². The Morgan fingerprint density at radius 2 is 2.14 bits per heavy atom. The first-order valence-corrected chi connectivity index (χ1v) is 7.43. The lowest BCUT2D eigenvalue weighted by Crippen LogP contribution is -2.42. The second-order valence-corrected chi connectivity index (χ2v) is 5.11. The molecule has 0 aromatic heterocycles. The molecule has 0 bridgehead atoms. The van der Waals surface area contributed by atoms with Crippen LogP contribution in [0.25, 0.3) is 0 Å². The van der Waals surface area contributed by atoms with Crippen LogP contribution in [-0.4, -0.2) is 49.7 Å². The van der Waals surface area contributed by atoms with Gasteiger partial charge in [0.25, 0.3) is 0 Å². The van der Waals surface area contributed by atoms with Crippen LogP contribution in [0.1, 0.15) is 18.9 Å². The molecule has 0 saturated carbocycles. The summed E-state index contributed by atoms with van der Waals surface area (Å²) >= 11 is 0. The number of benzene rings is 1. The summed E-state index contributed by atoms with van der Waals surface area (Å²) < 4.78 is 5.60. The molecule has 1 aromatic carbocycles. The quantitative estimate of drug-likeness (QED) is 0.872. The zero-order valence-electron chi connectivity index (χ0n) is 12.6. The molecule has 1 unspecified atom stereocenters. The fraction of sp³-hybridized carbons (Fsp3) is 0.562. The van der Waals surface area contributed by atoms with Crippen molar-refractivity contribution in [3.05, 3.63) is 35.9 Å². The van der Waals surface area contributed by atoms with E-state index in [0.717, 1.165) is 32.6 Å². The van der Waals surface area contributed by atoms with E-state index < -0.39 is 0 Å². The van der Waals surface area contributed by atoms with Gasteiger partial charge in [-0.3, -0.25) is 4.79 Å². The topological polar surface area (TPSA) is 41.6 Å². The number of rotatable bonds is 6. The minimum Gasteiger partial charge on any atom is -0.375 e. The van der Waals surface area contributed by atoms with E-state index in [2.05, 4.69) is 17.4 Å². The Kier molecular flexibility index (Phi) is 8.35. The lowest BCUT2D eigenvalue weighted by atomic mass is 10.1. The standard InChI is InChI=1S/C16H24N2O2.ClH/c1-2-18(10-8-14-6-4-3-5-7-14)16(19)12-15-13-17-9-11-20-15;/h3-7,15,17H,2,8-13H2,1H3;1H. The molecule has 1 atom stereocenters. The maximum Gasteiger partial charge on any atom is 0.225 e. The molecule has 1 aliphatic heterocycles. The van der Waals surface area contributed by atoms with Gasteiger partial charge in [-0.25, -0.2) is 0 Å². The van der Waals surface area contributed by atoms with Crippen molar-refractivity contribution in [1.29, 1.82) is 0 Å². The number of ether oxygens (including phenoxy) is 1. The number of hydrogen-bond donors (Lipinski definition) is 1.